The van der Waals surface area contributed by atoms with Crippen molar-refractivity contribution in [3.05, 3.63) is 46.3 Å². The highest BCUT2D eigenvalue weighted by atomic mass is 35.5. The van der Waals surface area contributed by atoms with Crippen molar-refractivity contribution in [2.24, 2.45) is 0 Å². The molecule has 0 aliphatic carbocycles. The Morgan fingerprint density at radius 2 is 1.93 bits per heavy atom. The predicted octanol–water partition coefficient (Wildman–Crippen LogP) is 2.88. The summed E-state index contributed by atoms with van der Waals surface area (Å²) in [5.74, 6) is 0.807. The number of nitrogens with zero attached hydrogens (tertiary/aromatic N) is 2. The van der Waals surface area contributed by atoms with Gasteiger partial charge in [-0.25, -0.2) is 8.42 Å². The summed E-state index contributed by atoms with van der Waals surface area (Å²) in [6, 6.07) is 10.8. The normalized spacial score (nSPS) is 15.7. The Kier molecular flexibility index (Phi) is 6.41. The highest BCUT2D eigenvalue weighted by Crippen LogP contribution is 2.28. The molecule has 1 aromatic carbocycles. The van der Waals surface area contributed by atoms with E-state index in [1.54, 1.807) is 18.1 Å². The molecule has 1 fully saturated rings. The molecular formula is C18H21ClN2O4S2. The van der Waals surface area contributed by atoms with E-state index in [9.17, 15) is 13.2 Å². The Morgan fingerprint density at radius 3 is 2.56 bits per heavy atom. The Hall–Kier alpha value is -1.61. The first-order chi connectivity index (χ1) is 12.9. The maximum atomic E-state index is 12.6. The number of sulfonamides is 1. The molecule has 2 aromatic rings. The van der Waals surface area contributed by atoms with E-state index in [1.807, 2.05) is 24.3 Å². The molecule has 0 unspecified atom stereocenters. The average molecular weight is 429 g/mol. The van der Waals surface area contributed by atoms with E-state index in [0.29, 0.717) is 43.4 Å². The number of halogens is 1. The van der Waals surface area contributed by atoms with Gasteiger partial charge in [0.2, 0.25) is 5.91 Å². The maximum absolute atomic E-state index is 12.6. The maximum Gasteiger partial charge on any atom is 0.252 e. The number of amides is 1. The van der Waals surface area contributed by atoms with Crippen LogP contribution >= 0.6 is 22.9 Å². The molecule has 0 atom stereocenters. The fraction of sp³-hybridized carbons (Fsp3) is 0.389. The number of carbonyl (C=O) groups excluding carboxylic acids is 1. The Labute approximate surface area is 168 Å². The summed E-state index contributed by atoms with van der Waals surface area (Å²) in [5.41, 5.74) is 1.04. The summed E-state index contributed by atoms with van der Waals surface area (Å²) in [5, 5.41) is 0. The first-order valence-corrected chi connectivity index (χ1v) is 11.2. The van der Waals surface area contributed by atoms with E-state index in [-0.39, 0.29) is 10.1 Å². The Balaban J connectivity index is 1.53. The van der Waals surface area contributed by atoms with Crippen molar-refractivity contribution in [3.63, 3.8) is 0 Å². The van der Waals surface area contributed by atoms with Gasteiger partial charge >= 0.3 is 0 Å². The second-order valence-electron chi connectivity index (χ2n) is 6.19. The van der Waals surface area contributed by atoms with Crippen LogP contribution in [0.3, 0.4) is 0 Å². The molecule has 1 amide bonds. The van der Waals surface area contributed by atoms with E-state index < -0.39 is 10.0 Å². The molecule has 9 heteroatoms. The van der Waals surface area contributed by atoms with Gasteiger partial charge in [0, 0.05) is 32.6 Å². The lowest BCUT2D eigenvalue weighted by atomic mass is 10.1. The van der Waals surface area contributed by atoms with Crippen molar-refractivity contribution in [3.8, 4) is 5.75 Å². The third-order valence-corrected chi connectivity index (χ3v) is 8.09. The zero-order valence-corrected chi connectivity index (χ0v) is 17.3. The van der Waals surface area contributed by atoms with Crippen LogP contribution in [0.1, 0.15) is 12.0 Å². The number of benzene rings is 1. The van der Waals surface area contributed by atoms with Crippen LogP contribution in [0.2, 0.25) is 4.34 Å². The smallest absolute Gasteiger partial charge is 0.252 e. The fourth-order valence-electron chi connectivity index (χ4n) is 2.98. The van der Waals surface area contributed by atoms with E-state index in [1.165, 1.54) is 10.4 Å². The number of ether oxygens (including phenoxy) is 1. The zero-order valence-electron chi connectivity index (χ0n) is 14.9. The third kappa shape index (κ3) is 4.82. The molecule has 0 radical (unpaired) electrons. The number of aryl methyl sites for hydroxylation is 1. The molecule has 2 heterocycles. The van der Waals surface area contributed by atoms with Crippen LogP contribution in [0.5, 0.6) is 5.75 Å². The van der Waals surface area contributed by atoms with Gasteiger partial charge in [-0.05, 0) is 36.2 Å². The number of carbonyl (C=O) groups is 1. The average Bonchev–Trinajstić information content (AvgIpc) is 3.13. The molecular weight excluding hydrogens is 408 g/mol. The SMILES string of the molecule is COc1cccc(CCC(=O)N2CCN(S(=O)(=O)c3ccc(Cl)s3)CC2)c1. The molecule has 1 aliphatic heterocycles. The fourth-order valence-corrected chi connectivity index (χ4v) is 6.04. The van der Waals surface area contributed by atoms with Gasteiger partial charge in [0.05, 0.1) is 11.4 Å². The van der Waals surface area contributed by atoms with Gasteiger partial charge in [-0.15, -0.1) is 11.3 Å². The number of thiophene rings is 1. The zero-order chi connectivity index (χ0) is 19.4. The van der Waals surface area contributed by atoms with Gasteiger partial charge in [0.25, 0.3) is 10.0 Å². The van der Waals surface area contributed by atoms with Gasteiger partial charge in [-0.2, -0.15) is 4.31 Å². The van der Waals surface area contributed by atoms with Gasteiger partial charge < -0.3 is 9.64 Å². The Morgan fingerprint density at radius 1 is 1.19 bits per heavy atom. The van der Waals surface area contributed by atoms with E-state index in [4.69, 9.17) is 16.3 Å². The lowest BCUT2D eigenvalue weighted by Gasteiger charge is -2.33. The molecule has 27 heavy (non-hydrogen) atoms. The van der Waals surface area contributed by atoms with Gasteiger partial charge in [-0.3, -0.25) is 4.79 Å². The minimum absolute atomic E-state index is 0.0361. The third-order valence-electron chi connectivity index (χ3n) is 4.50. The number of methoxy groups -OCH3 is 1. The highest BCUT2D eigenvalue weighted by Gasteiger charge is 2.30. The summed E-state index contributed by atoms with van der Waals surface area (Å²) in [6.07, 6.45) is 1.02. The van der Waals surface area contributed by atoms with Crippen LogP contribution in [0.4, 0.5) is 0 Å². The number of hydrogen-bond acceptors (Lipinski definition) is 5. The molecule has 0 N–H and O–H groups in total. The number of rotatable bonds is 6. The summed E-state index contributed by atoms with van der Waals surface area (Å²) in [7, 11) is -1.92. The lowest BCUT2D eigenvalue weighted by Crippen LogP contribution is -2.50. The molecule has 0 bridgehead atoms. The highest BCUT2D eigenvalue weighted by molar-refractivity contribution is 7.91. The Bertz CT molecular complexity index is 906. The molecule has 1 aliphatic rings. The van der Waals surface area contributed by atoms with E-state index >= 15 is 0 Å². The lowest BCUT2D eigenvalue weighted by molar-refractivity contribution is -0.132. The quantitative estimate of drug-likeness (QED) is 0.709. The summed E-state index contributed by atoms with van der Waals surface area (Å²) < 4.78 is 32.5. The standard InChI is InChI=1S/C18H21ClN2O4S2/c1-25-15-4-2-3-14(13-15)5-7-17(22)20-9-11-21(12-10-20)27(23,24)18-8-6-16(19)26-18/h2-4,6,8,13H,5,7,9-12H2,1H3. The largest absolute Gasteiger partial charge is 0.497 e. The van der Waals surface area contributed by atoms with Gasteiger partial charge in [0.1, 0.15) is 9.96 Å². The topological polar surface area (TPSA) is 66.9 Å². The number of hydrogen-bond donors (Lipinski definition) is 0. The summed E-state index contributed by atoms with van der Waals surface area (Å²) in [4.78, 5) is 14.2. The molecule has 1 aromatic heterocycles. The molecule has 146 valence electrons. The van der Waals surface area contributed by atoms with Crippen LogP contribution in [-0.2, 0) is 21.2 Å². The first kappa shape index (κ1) is 20.1. The van der Waals surface area contributed by atoms with Crippen LogP contribution in [0.25, 0.3) is 0 Å². The molecule has 0 spiro atoms. The van der Waals surface area contributed by atoms with E-state index in [2.05, 4.69) is 0 Å². The van der Waals surface area contributed by atoms with Crippen LogP contribution in [-0.4, -0.2) is 56.8 Å². The second-order valence-corrected chi connectivity index (χ2v) is 10.1. The van der Waals surface area contributed by atoms with Crippen molar-refractivity contribution < 1.29 is 17.9 Å². The second kappa shape index (κ2) is 8.60. The van der Waals surface area contributed by atoms with Crippen LogP contribution in [0.15, 0.2) is 40.6 Å². The van der Waals surface area contributed by atoms with E-state index in [0.717, 1.165) is 22.6 Å². The summed E-state index contributed by atoms with van der Waals surface area (Å²) >= 11 is 6.90. The minimum Gasteiger partial charge on any atom is -0.497 e. The molecule has 6 nitrogen and oxygen atoms in total. The van der Waals surface area contributed by atoms with Gasteiger partial charge in [0.15, 0.2) is 0 Å². The summed E-state index contributed by atoms with van der Waals surface area (Å²) in [6.45, 7) is 1.38. The van der Waals surface area contributed by atoms with Crippen molar-refractivity contribution in [1.29, 1.82) is 0 Å². The first-order valence-electron chi connectivity index (χ1n) is 8.56. The van der Waals surface area contributed by atoms with Crippen molar-refractivity contribution >= 4 is 38.9 Å². The van der Waals surface area contributed by atoms with Crippen LogP contribution in [0, 0.1) is 0 Å². The van der Waals surface area contributed by atoms with Gasteiger partial charge in [-0.1, -0.05) is 23.7 Å². The predicted molar refractivity (Wildman–Crippen MR) is 106 cm³/mol. The van der Waals surface area contributed by atoms with Crippen molar-refractivity contribution in [2.45, 2.75) is 17.1 Å². The molecule has 3 rings (SSSR count). The minimum atomic E-state index is -3.54. The van der Waals surface area contributed by atoms with Crippen molar-refractivity contribution in [1.82, 2.24) is 9.21 Å². The van der Waals surface area contributed by atoms with Crippen LogP contribution < -0.4 is 4.74 Å². The molecule has 0 saturated carbocycles. The monoisotopic (exact) mass is 428 g/mol. The molecule has 1 saturated heterocycles. The van der Waals surface area contributed by atoms with Crippen molar-refractivity contribution in [2.75, 3.05) is 33.3 Å². The number of piperazine rings is 1.